The molecule has 0 aliphatic rings. The van der Waals surface area contributed by atoms with Gasteiger partial charge in [-0.1, -0.05) is 13.0 Å². The van der Waals surface area contributed by atoms with Crippen LogP contribution in [0.1, 0.15) is 19.0 Å². The number of aromatic nitrogens is 1. The normalized spacial score (nSPS) is 12.1. The third-order valence-corrected chi connectivity index (χ3v) is 4.82. The lowest BCUT2D eigenvalue weighted by Gasteiger charge is -2.15. The fourth-order valence-corrected chi connectivity index (χ4v) is 3.16. The molecule has 0 saturated carbocycles. The van der Waals surface area contributed by atoms with Crippen LogP contribution in [-0.2, 0) is 11.7 Å². The van der Waals surface area contributed by atoms with Gasteiger partial charge in [0.15, 0.2) is 0 Å². The number of halogens is 1. The molecule has 2 aromatic rings. The van der Waals surface area contributed by atoms with Crippen molar-refractivity contribution < 1.29 is 9.01 Å². The van der Waals surface area contributed by atoms with Gasteiger partial charge in [0.2, 0.25) is 0 Å². The van der Waals surface area contributed by atoms with E-state index < -0.39 is 8.15 Å². The minimum atomic E-state index is -1.04. The van der Waals surface area contributed by atoms with Gasteiger partial charge < -0.3 is 4.57 Å². The van der Waals surface area contributed by atoms with Gasteiger partial charge in [-0.3, -0.25) is 4.62 Å². The second kappa shape index (κ2) is 7.51. The summed E-state index contributed by atoms with van der Waals surface area (Å²) < 4.78 is 21.6. The number of nitrogens with one attached hydrogen (secondary N) is 1. The molecule has 116 valence electrons. The molecule has 4 nitrogen and oxygen atoms in total. The summed E-state index contributed by atoms with van der Waals surface area (Å²) in [7, 11) is 0.756. The highest BCUT2D eigenvalue weighted by molar-refractivity contribution is 7.60. The van der Waals surface area contributed by atoms with E-state index in [0.717, 1.165) is 24.2 Å². The van der Waals surface area contributed by atoms with Gasteiger partial charge in [0, 0.05) is 30.2 Å². The van der Waals surface area contributed by atoms with Gasteiger partial charge in [-0.05, 0) is 37.4 Å². The smallest absolute Gasteiger partial charge is 0.133 e. The largest absolute Gasteiger partial charge is 0.335 e. The van der Waals surface area contributed by atoms with E-state index in [1.165, 1.54) is 6.07 Å². The number of nitriles is 1. The predicted molar refractivity (Wildman–Crippen MR) is 87.4 cm³/mol. The van der Waals surface area contributed by atoms with Crippen LogP contribution in [0.3, 0.4) is 0 Å². The molecule has 0 spiro atoms. The Kier molecular flexibility index (Phi) is 5.68. The molecule has 6 heteroatoms. The minimum absolute atomic E-state index is 0.288. The van der Waals surface area contributed by atoms with Crippen LogP contribution in [0.5, 0.6) is 0 Å². The molecule has 1 aromatic heterocycles. The quantitative estimate of drug-likeness (QED) is 0.505. The van der Waals surface area contributed by atoms with Crippen molar-refractivity contribution in [1.29, 1.82) is 5.26 Å². The van der Waals surface area contributed by atoms with Crippen molar-refractivity contribution >= 4 is 13.5 Å². The lowest BCUT2D eigenvalue weighted by atomic mass is 10.1. The van der Waals surface area contributed by atoms with Crippen molar-refractivity contribution in [3.8, 4) is 17.3 Å². The molecule has 1 atom stereocenters. The number of nitrogens with zero attached hydrogens (tertiary/aromatic N) is 2. The third-order valence-electron chi connectivity index (χ3n) is 3.37. The average molecular weight is 319 g/mol. The Hall–Kier alpha value is -1.73. The zero-order chi connectivity index (χ0) is 16.1. The molecule has 0 radical (unpaired) electrons. The van der Waals surface area contributed by atoms with Gasteiger partial charge >= 0.3 is 0 Å². The molecule has 1 aromatic carbocycles. The fourth-order valence-electron chi connectivity index (χ4n) is 2.13. The number of hydroxylamine groups is 1. The monoisotopic (exact) mass is 319 g/mol. The van der Waals surface area contributed by atoms with Crippen molar-refractivity contribution in [1.82, 2.24) is 10.0 Å². The van der Waals surface area contributed by atoms with Crippen LogP contribution in [0.4, 0.5) is 4.39 Å². The summed E-state index contributed by atoms with van der Waals surface area (Å²) >= 11 is 0. The van der Waals surface area contributed by atoms with Crippen molar-refractivity contribution in [2.75, 3.05) is 13.2 Å². The Morgan fingerprint density at radius 2 is 2.14 bits per heavy atom. The molecule has 0 aliphatic heterocycles. The summed E-state index contributed by atoms with van der Waals surface area (Å²) in [5.41, 5.74) is 4.95. The van der Waals surface area contributed by atoms with E-state index in [9.17, 15) is 4.39 Å². The van der Waals surface area contributed by atoms with Gasteiger partial charge in [-0.15, -0.1) is 0 Å². The summed E-state index contributed by atoms with van der Waals surface area (Å²) in [6.07, 6.45) is 0.958. The van der Waals surface area contributed by atoms with Crippen LogP contribution in [-0.4, -0.2) is 17.8 Å². The number of hydrogen-bond donors (Lipinski definition) is 1. The Balaban J connectivity index is 2.22. The van der Waals surface area contributed by atoms with E-state index >= 15 is 0 Å². The minimum Gasteiger partial charge on any atom is -0.335 e. The Morgan fingerprint density at radius 3 is 2.73 bits per heavy atom. The van der Waals surface area contributed by atoms with Gasteiger partial charge in [0.1, 0.15) is 17.6 Å². The maximum Gasteiger partial charge on any atom is 0.133 e. The third kappa shape index (κ3) is 3.53. The summed E-state index contributed by atoms with van der Waals surface area (Å²) in [5, 5.41) is 9.55. The van der Waals surface area contributed by atoms with Crippen LogP contribution < -0.4 is 10.8 Å². The van der Waals surface area contributed by atoms with Crippen LogP contribution in [0.2, 0.25) is 0 Å². The lowest BCUT2D eigenvalue weighted by Crippen LogP contribution is -2.17. The lowest BCUT2D eigenvalue weighted by molar-refractivity contribution is 0.226. The van der Waals surface area contributed by atoms with Crippen LogP contribution >= 0.6 is 8.15 Å². The summed E-state index contributed by atoms with van der Waals surface area (Å²) in [6, 6.07) is 10.8. The van der Waals surface area contributed by atoms with Gasteiger partial charge in [0.05, 0.1) is 8.15 Å². The topological polar surface area (TPSA) is 50.0 Å². The van der Waals surface area contributed by atoms with E-state index in [2.05, 4.69) is 11.5 Å². The average Bonchev–Trinajstić information content (AvgIpc) is 2.88. The second-order valence-corrected chi connectivity index (χ2v) is 6.58. The van der Waals surface area contributed by atoms with E-state index in [0.29, 0.717) is 11.0 Å². The highest BCUT2D eigenvalue weighted by Gasteiger charge is 2.14. The predicted octanol–water partition coefficient (Wildman–Crippen LogP) is 3.29. The number of rotatable bonds is 6. The molecule has 0 fully saturated rings. The summed E-state index contributed by atoms with van der Waals surface area (Å²) in [5.74, 6) is -0.288. The number of benzene rings is 1. The molecule has 1 heterocycles. The molecule has 0 saturated heterocycles. The zero-order valence-corrected chi connectivity index (χ0v) is 13.8. The molecule has 22 heavy (non-hydrogen) atoms. The van der Waals surface area contributed by atoms with Crippen molar-refractivity contribution in [2.45, 2.75) is 13.3 Å². The molecule has 0 bridgehead atoms. The van der Waals surface area contributed by atoms with Crippen molar-refractivity contribution in [2.24, 2.45) is 7.05 Å². The molecule has 0 amide bonds. The molecule has 1 unspecified atom stereocenters. The first kappa shape index (κ1) is 16.6. The second-order valence-electron chi connectivity index (χ2n) is 4.92. The molecular weight excluding hydrogens is 300 g/mol. The summed E-state index contributed by atoms with van der Waals surface area (Å²) in [6.45, 7) is 4.65. The maximum atomic E-state index is 14.3. The molecular formula is C16H19FN3OP. The zero-order valence-electron chi connectivity index (χ0n) is 12.9. The summed E-state index contributed by atoms with van der Waals surface area (Å²) in [4.78, 5) is 0. The molecule has 0 aliphatic carbocycles. The first-order valence-electron chi connectivity index (χ1n) is 7.07. The van der Waals surface area contributed by atoms with Crippen LogP contribution in [0.25, 0.3) is 11.3 Å². The van der Waals surface area contributed by atoms with Gasteiger partial charge in [-0.2, -0.15) is 10.7 Å². The fraction of sp³-hybridized carbons (Fsp3) is 0.312. The SMILES string of the molecule is CCCNOP(C)c1ccc(-c2ccc(C#N)n2C)cc1F. The number of hydrogen-bond acceptors (Lipinski definition) is 3. The van der Waals surface area contributed by atoms with Crippen molar-refractivity contribution in [3.63, 3.8) is 0 Å². The van der Waals surface area contributed by atoms with Gasteiger partial charge in [-0.25, -0.2) is 4.39 Å². The van der Waals surface area contributed by atoms with E-state index in [-0.39, 0.29) is 5.82 Å². The highest BCUT2D eigenvalue weighted by atomic mass is 31.1. The Bertz CT molecular complexity index is 693. The van der Waals surface area contributed by atoms with E-state index in [4.69, 9.17) is 9.89 Å². The first-order valence-corrected chi connectivity index (χ1v) is 8.78. The maximum absolute atomic E-state index is 14.3. The molecule has 1 N–H and O–H groups in total. The van der Waals surface area contributed by atoms with Gasteiger partial charge in [0.25, 0.3) is 0 Å². The van der Waals surface area contributed by atoms with E-state index in [1.54, 1.807) is 23.7 Å². The Labute approximate surface area is 131 Å². The first-order chi connectivity index (χ1) is 10.6. The van der Waals surface area contributed by atoms with Crippen LogP contribution in [0.15, 0.2) is 30.3 Å². The Morgan fingerprint density at radius 1 is 1.36 bits per heavy atom. The van der Waals surface area contributed by atoms with Crippen LogP contribution in [0, 0.1) is 17.1 Å². The van der Waals surface area contributed by atoms with E-state index in [1.807, 2.05) is 25.7 Å². The standard InChI is InChI=1S/C16H19FN3OP/c1-4-9-19-21-22(3)16-8-5-12(10-14(16)17)15-7-6-13(11-18)20(15)2/h5-8,10,19H,4,9H2,1-3H3. The molecule has 2 rings (SSSR count). The highest BCUT2D eigenvalue weighted by Crippen LogP contribution is 2.32. The van der Waals surface area contributed by atoms with Crippen molar-refractivity contribution in [3.05, 3.63) is 41.8 Å².